The Morgan fingerprint density at radius 1 is 1.00 bits per heavy atom. The van der Waals surface area contributed by atoms with E-state index in [4.69, 9.17) is 20.8 Å². The lowest BCUT2D eigenvalue weighted by molar-refractivity contribution is -0.119. The number of amides is 1. The Morgan fingerprint density at radius 2 is 1.78 bits per heavy atom. The molecule has 0 saturated heterocycles. The third kappa shape index (κ3) is 4.62. The molecule has 0 saturated carbocycles. The first-order chi connectivity index (χ1) is 13.0. The molecule has 1 aromatic heterocycles. The van der Waals surface area contributed by atoms with Gasteiger partial charge in [0, 0.05) is 16.1 Å². The number of hydrogen-bond donors (Lipinski definition) is 1. The first kappa shape index (κ1) is 18.4. The normalized spacial score (nSPS) is 10.3. The molecule has 2 aromatic carbocycles. The summed E-state index contributed by atoms with van der Waals surface area (Å²) in [6.45, 7) is -0.527. The molecule has 3 rings (SSSR count). The lowest BCUT2D eigenvalue weighted by atomic mass is 10.0. The largest absolute Gasteiger partial charge is 0.457 e. The van der Waals surface area contributed by atoms with E-state index in [0.29, 0.717) is 10.6 Å². The molecule has 0 fully saturated rings. The van der Waals surface area contributed by atoms with Crippen LogP contribution >= 0.6 is 11.6 Å². The maximum Gasteiger partial charge on any atom is 0.374 e. The number of halogens is 1. The molecule has 1 N–H and O–H groups in total. The van der Waals surface area contributed by atoms with Crippen LogP contribution in [-0.4, -0.2) is 24.3 Å². The van der Waals surface area contributed by atoms with Crippen LogP contribution in [0.25, 0.3) is 0 Å². The van der Waals surface area contributed by atoms with Gasteiger partial charge in [-0.25, -0.2) is 4.79 Å². The average molecular weight is 384 g/mol. The third-order valence-corrected chi connectivity index (χ3v) is 3.83. The van der Waals surface area contributed by atoms with E-state index in [1.807, 2.05) is 0 Å². The van der Waals surface area contributed by atoms with Gasteiger partial charge in [-0.2, -0.15) is 0 Å². The molecule has 0 aliphatic carbocycles. The molecule has 1 amide bonds. The summed E-state index contributed by atoms with van der Waals surface area (Å²) < 4.78 is 9.77. The zero-order valence-corrected chi connectivity index (χ0v) is 14.7. The molecule has 136 valence electrons. The van der Waals surface area contributed by atoms with Crippen molar-refractivity contribution in [2.24, 2.45) is 0 Å². The van der Waals surface area contributed by atoms with Crippen LogP contribution < -0.4 is 5.32 Å². The minimum atomic E-state index is -0.758. The lowest BCUT2D eigenvalue weighted by Gasteiger charge is -2.11. The second kappa shape index (κ2) is 8.33. The predicted octanol–water partition coefficient (Wildman–Crippen LogP) is 3.96. The van der Waals surface area contributed by atoms with Gasteiger partial charge in [0.15, 0.2) is 12.4 Å². The number of hydrogen-bond acceptors (Lipinski definition) is 5. The summed E-state index contributed by atoms with van der Waals surface area (Å²) in [6.07, 6.45) is 1.33. The molecule has 0 aliphatic heterocycles. The Bertz CT molecular complexity index is 967. The van der Waals surface area contributed by atoms with Crippen molar-refractivity contribution < 1.29 is 23.5 Å². The number of carbonyl (C=O) groups excluding carboxylic acids is 3. The van der Waals surface area contributed by atoms with Crippen LogP contribution in [0.4, 0.5) is 5.69 Å². The smallest absolute Gasteiger partial charge is 0.374 e. The predicted molar refractivity (Wildman–Crippen MR) is 98.9 cm³/mol. The Hall–Kier alpha value is -3.38. The number of ether oxygens (including phenoxy) is 1. The lowest BCUT2D eigenvalue weighted by Crippen LogP contribution is -2.22. The Balaban J connectivity index is 1.72. The number of nitrogens with one attached hydrogen (secondary N) is 1. The van der Waals surface area contributed by atoms with Gasteiger partial charge < -0.3 is 14.5 Å². The summed E-state index contributed by atoms with van der Waals surface area (Å²) in [7, 11) is 0. The summed E-state index contributed by atoms with van der Waals surface area (Å²) in [5, 5.41) is 2.92. The van der Waals surface area contributed by atoms with Crippen LogP contribution in [0.2, 0.25) is 5.02 Å². The highest BCUT2D eigenvalue weighted by Gasteiger charge is 2.17. The third-order valence-electron chi connectivity index (χ3n) is 3.59. The topological polar surface area (TPSA) is 85.6 Å². The molecule has 27 heavy (non-hydrogen) atoms. The van der Waals surface area contributed by atoms with Crippen molar-refractivity contribution in [2.45, 2.75) is 0 Å². The number of esters is 1. The summed E-state index contributed by atoms with van der Waals surface area (Å²) in [4.78, 5) is 36.5. The van der Waals surface area contributed by atoms with Crippen LogP contribution in [0.15, 0.2) is 71.3 Å². The number of rotatable bonds is 6. The molecule has 3 aromatic rings. The van der Waals surface area contributed by atoms with Crippen LogP contribution in [0.5, 0.6) is 0 Å². The van der Waals surface area contributed by atoms with Crippen molar-refractivity contribution in [1.29, 1.82) is 0 Å². The highest BCUT2D eigenvalue weighted by atomic mass is 35.5. The van der Waals surface area contributed by atoms with E-state index < -0.39 is 18.5 Å². The van der Waals surface area contributed by atoms with E-state index in [2.05, 4.69) is 5.32 Å². The maximum absolute atomic E-state index is 12.7. The van der Waals surface area contributed by atoms with Gasteiger partial charge in [-0.15, -0.1) is 0 Å². The highest BCUT2D eigenvalue weighted by Crippen LogP contribution is 2.23. The first-order valence-electron chi connectivity index (χ1n) is 7.94. The molecule has 1 heterocycles. The molecule has 0 radical (unpaired) electrons. The van der Waals surface area contributed by atoms with Gasteiger partial charge in [-0.1, -0.05) is 41.9 Å². The van der Waals surface area contributed by atoms with Crippen molar-refractivity contribution in [3.8, 4) is 0 Å². The number of furan rings is 1. The van der Waals surface area contributed by atoms with E-state index in [-0.39, 0.29) is 22.8 Å². The van der Waals surface area contributed by atoms with Crippen molar-refractivity contribution >= 4 is 34.9 Å². The summed E-state index contributed by atoms with van der Waals surface area (Å²) in [5.41, 5.74) is 0.964. The molecule has 0 unspecified atom stereocenters. The number of benzene rings is 2. The van der Waals surface area contributed by atoms with E-state index in [9.17, 15) is 14.4 Å². The van der Waals surface area contributed by atoms with Gasteiger partial charge in [0.25, 0.3) is 5.91 Å². The molecule has 0 spiro atoms. The van der Waals surface area contributed by atoms with E-state index in [1.54, 1.807) is 36.4 Å². The standard InChI is InChI=1S/C20H14ClNO5/c21-14-8-9-16(15(11-14)19(24)13-5-2-1-3-6-13)22-18(23)12-27-20(25)17-7-4-10-26-17/h1-11H,12H2,(H,22,23). The Morgan fingerprint density at radius 3 is 2.48 bits per heavy atom. The zero-order chi connectivity index (χ0) is 19.2. The van der Waals surface area contributed by atoms with Gasteiger partial charge >= 0.3 is 5.97 Å². The maximum atomic E-state index is 12.7. The first-order valence-corrected chi connectivity index (χ1v) is 8.32. The quantitative estimate of drug-likeness (QED) is 0.514. The Labute approximate surface area is 159 Å². The molecular weight excluding hydrogens is 370 g/mol. The van der Waals surface area contributed by atoms with Crippen LogP contribution in [0.1, 0.15) is 26.5 Å². The van der Waals surface area contributed by atoms with Crippen LogP contribution in [0.3, 0.4) is 0 Å². The summed E-state index contributed by atoms with van der Waals surface area (Å²) in [6, 6.07) is 16.1. The van der Waals surface area contributed by atoms with Crippen molar-refractivity contribution in [3.05, 3.63) is 88.8 Å². The monoisotopic (exact) mass is 383 g/mol. The van der Waals surface area contributed by atoms with Crippen molar-refractivity contribution in [1.82, 2.24) is 0 Å². The summed E-state index contributed by atoms with van der Waals surface area (Å²) >= 11 is 6.00. The van der Waals surface area contributed by atoms with E-state index in [0.717, 1.165) is 0 Å². The van der Waals surface area contributed by atoms with Gasteiger partial charge in [-0.3, -0.25) is 9.59 Å². The molecule has 0 atom stereocenters. The van der Waals surface area contributed by atoms with E-state index in [1.165, 1.54) is 30.5 Å². The van der Waals surface area contributed by atoms with Crippen LogP contribution in [-0.2, 0) is 9.53 Å². The Kier molecular flexibility index (Phi) is 5.68. The molecule has 7 heteroatoms. The summed E-state index contributed by atoms with van der Waals surface area (Å²) in [5.74, 6) is -1.65. The molecular formula is C20H14ClNO5. The van der Waals surface area contributed by atoms with E-state index >= 15 is 0 Å². The molecule has 0 aliphatic rings. The van der Waals surface area contributed by atoms with Gasteiger partial charge in [0.2, 0.25) is 5.76 Å². The average Bonchev–Trinajstić information content (AvgIpc) is 3.22. The number of anilines is 1. The van der Waals surface area contributed by atoms with Crippen molar-refractivity contribution in [3.63, 3.8) is 0 Å². The SMILES string of the molecule is O=C(COC(=O)c1ccco1)Nc1ccc(Cl)cc1C(=O)c1ccccc1. The highest BCUT2D eigenvalue weighted by molar-refractivity contribution is 6.31. The second-order valence-corrected chi connectivity index (χ2v) is 5.92. The van der Waals surface area contributed by atoms with Crippen LogP contribution in [0, 0.1) is 0 Å². The van der Waals surface area contributed by atoms with Gasteiger partial charge in [-0.05, 0) is 30.3 Å². The van der Waals surface area contributed by atoms with Crippen molar-refractivity contribution in [2.75, 3.05) is 11.9 Å². The fraction of sp³-hybridized carbons (Fsp3) is 0.0500. The van der Waals surface area contributed by atoms with Gasteiger partial charge in [0.05, 0.1) is 12.0 Å². The second-order valence-electron chi connectivity index (χ2n) is 5.49. The molecule has 0 bridgehead atoms. The minimum Gasteiger partial charge on any atom is -0.457 e. The van der Waals surface area contributed by atoms with Gasteiger partial charge in [0.1, 0.15) is 0 Å². The fourth-order valence-corrected chi connectivity index (χ4v) is 2.51. The number of ketones is 1. The molecule has 6 nitrogen and oxygen atoms in total. The number of carbonyl (C=O) groups is 3. The minimum absolute atomic E-state index is 0.00534. The zero-order valence-electron chi connectivity index (χ0n) is 14.0. The fourth-order valence-electron chi connectivity index (χ4n) is 2.34.